The van der Waals surface area contributed by atoms with E-state index in [9.17, 15) is 0 Å². The average molecular weight is 80.1 g/mol. The standard InChI is InChI=1S/C6H8/c1-6-4-2-3-5-6/h1,4H,2-3,5H2. The van der Waals surface area contributed by atoms with Gasteiger partial charge in [0.1, 0.15) is 0 Å². The van der Waals surface area contributed by atoms with Gasteiger partial charge in [-0.25, -0.2) is 0 Å². The molecular weight excluding hydrogens is 72.1 g/mol. The summed E-state index contributed by atoms with van der Waals surface area (Å²) in [5.74, 6) is 0. The first-order chi connectivity index (χ1) is 2.89. The fourth-order valence-corrected chi connectivity index (χ4v) is 0.696. The lowest BCUT2D eigenvalue weighted by molar-refractivity contribution is 0.916. The molecular formula is C6H8. The largest absolute Gasteiger partial charge is 0.0850 e. The summed E-state index contributed by atoms with van der Waals surface area (Å²) in [5, 5.41) is 0. The van der Waals surface area contributed by atoms with Gasteiger partial charge in [0, 0.05) is 0 Å². The minimum Gasteiger partial charge on any atom is -0.0850 e. The van der Waals surface area contributed by atoms with Crippen molar-refractivity contribution in [2.75, 3.05) is 0 Å². The van der Waals surface area contributed by atoms with Crippen LogP contribution in [0, 0.1) is 6.92 Å². The molecule has 1 aliphatic carbocycles. The van der Waals surface area contributed by atoms with Crippen molar-refractivity contribution in [3.8, 4) is 0 Å². The summed E-state index contributed by atoms with van der Waals surface area (Å²) in [6.07, 6.45) is 5.69. The highest BCUT2D eigenvalue weighted by Gasteiger charge is 1.95. The van der Waals surface area contributed by atoms with Crippen molar-refractivity contribution in [3.05, 3.63) is 18.6 Å². The van der Waals surface area contributed by atoms with Crippen LogP contribution in [0.3, 0.4) is 0 Å². The van der Waals surface area contributed by atoms with E-state index in [1.54, 1.807) is 0 Å². The zero-order valence-corrected chi connectivity index (χ0v) is 3.78. The van der Waals surface area contributed by atoms with Crippen molar-refractivity contribution in [1.29, 1.82) is 0 Å². The Morgan fingerprint density at radius 1 is 1.67 bits per heavy atom. The lowest BCUT2D eigenvalue weighted by Crippen LogP contribution is -1.60. The van der Waals surface area contributed by atoms with Gasteiger partial charge in [-0.15, -0.1) is 0 Å². The van der Waals surface area contributed by atoms with Crippen LogP contribution in [-0.4, -0.2) is 0 Å². The first kappa shape index (κ1) is 3.91. The molecule has 2 radical (unpaired) electrons. The molecule has 1 aliphatic rings. The van der Waals surface area contributed by atoms with Crippen LogP contribution in [0.4, 0.5) is 0 Å². The van der Waals surface area contributed by atoms with Gasteiger partial charge in [0.25, 0.3) is 0 Å². The third-order valence-corrected chi connectivity index (χ3v) is 1.08. The van der Waals surface area contributed by atoms with Crippen LogP contribution in [0.15, 0.2) is 11.6 Å². The first-order valence-electron chi connectivity index (χ1n) is 2.34. The van der Waals surface area contributed by atoms with Crippen LogP contribution in [0.5, 0.6) is 0 Å². The maximum atomic E-state index is 5.40. The molecule has 0 saturated carbocycles. The van der Waals surface area contributed by atoms with E-state index in [1.807, 2.05) is 0 Å². The summed E-state index contributed by atoms with van der Waals surface area (Å²) < 4.78 is 0. The number of rotatable bonds is 0. The Bertz CT molecular complexity index is 70.1. The van der Waals surface area contributed by atoms with Crippen LogP contribution in [0.2, 0.25) is 0 Å². The first-order valence-corrected chi connectivity index (χ1v) is 2.34. The molecule has 0 heterocycles. The Morgan fingerprint density at radius 3 is 2.67 bits per heavy atom. The smallest absolute Gasteiger partial charge is 0.00600 e. The van der Waals surface area contributed by atoms with Crippen molar-refractivity contribution in [2.45, 2.75) is 19.3 Å². The second-order valence-corrected chi connectivity index (χ2v) is 1.67. The molecule has 0 aliphatic heterocycles. The van der Waals surface area contributed by atoms with Crippen molar-refractivity contribution in [1.82, 2.24) is 0 Å². The molecule has 1 rings (SSSR count). The Balaban J connectivity index is 2.45. The van der Waals surface area contributed by atoms with E-state index in [2.05, 4.69) is 6.08 Å². The minimum absolute atomic E-state index is 1.08. The van der Waals surface area contributed by atoms with Crippen LogP contribution in [0.25, 0.3) is 0 Å². The average Bonchev–Trinajstić information content (AvgIpc) is 1.86. The molecule has 0 aromatic carbocycles. The van der Waals surface area contributed by atoms with Crippen LogP contribution < -0.4 is 0 Å². The predicted octanol–water partition coefficient (Wildman–Crippen LogP) is 1.81. The molecule has 0 N–H and O–H groups in total. The molecule has 0 aromatic heterocycles. The Kier molecular flexibility index (Phi) is 0.952. The molecule has 0 spiro atoms. The summed E-state index contributed by atoms with van der Waals surface area (Å²) in [6.45, 7) is 5.40. The summed E-state index contributed by atoms with van der Waals surface area (Å²) in [4.78, 5) is 0. The second-order valence-electron chi connectivity index (χ2n) is 1.67. The Morgan fingerprint density at radius 2 is 2.50 bits per heavy atom. The highest BCUT2D eigenvalue weighted by molar-refractivity contribution is 5.09. The van der Waals surface area contributed by atoms with Gasteiger partial charge >= 0.3 is 0 Å². The maximum Gasteiger partial charge on any atom is -0.00600 e. The van der Waals surface area contributed by atoms with Gasteiger partial charge in [0.2, 0.25) is 0 Å². The Hall–Kier alpha value is -0.260. The fraction of sp³-hybridized carbons (Fsp3) is 0.500. The van der Waals surface area contributed by atoms with E-state index in [0.717, 1.165) is 12.0 Å². The third-order valence-electron chi connectivity index (χ3n) is 1.08. The molecule has 0 saturated heterocycles. The van der Waals surface area contributed by atoms with Gasteiger partial charge in [-0.05, 0) is 26.2 Å². The monoisotopic (exact) mass is 80.1 g/mol. The second kappa shape index (κ2) is 1.46. The van der Waals surface area contributed by atoms with E-state index < -0.39 is 0 Å². The lowest BCUT2D eigenvalue weighted by atomic mass is 10.3. The molecule has 0 amide bonds. The van der Waals surface area contributed by atoms with Gasteiger partial charge in [-0.2, -0.15) is 0 Å². The summed E-state index contributed by atoms with van der Waals surface area (Å²) >= 11 is 0. The van der Waals surface area contributed by atoms with E-state index in [-0.39, 0.29) is 0 Å². The van der Waals surface area contributed by atoms with Crippen LogP contribution in [-0.2, 0) is 0 Å². The third kappa shape index (κ3) is 0.618. The predicted molar refractivity (Wildman–Crippen MR) is 26.2 cm³/mol. The minimum atomic E-state index is 1.08. The number of hydrogen-bond donors (Lipinski definition) is 0. The van der Waals surface area contributed by atoms with Gasteiger partial charge < -0.3 is 0 Å². The maximum absolute atomic E-state index is 5.40. The molecule has 0 heteroatoms. The highest BCUT2D eigenvalue weighted by atomic mass is 14.0. The zero-order valence-electron chi connectivity index (χ0n) is 3.78. The van der Waals surface area contributed by atoms with Gasteiger partial charge in [0.15, 0.2) is 0 Å². The normalized spacial score (nSPS) is 21.2. The van der Waals surface area contributed by atoms with E-state index in [0.29, 0.717) is 0 Å². The molecule has 0 aromatic rings. The topological polar surface area (TPSA) is 0 Å². The van der Waals surface area contributed by atoms with Crippen molar-refractivity contribution >= 4 is 0 Å². The van der Waals surface area contributed by atoms with Gasteiger partial charge in [0.05, 0.1) is 0 Å². The molecule has 32 valence electrons. The lowest BCUT2D eigenvalue weighted by Gasteiger charge is -1.79. The SMILES string of the molecule is [CH]C1=CCCC1. The molecule has 0 atom stereocenters. The number of allylic oxidation sites excluding steroid dienone is 2. The summed E-state index contributed by atoms with van der Waals surface area (Å²) in [6, 6.07) is 0. The van der Waals surface area contributed by atoms with E-state index >= 15 is 0 Å². The van der Waals surface area contributed by atoms with Crippen molar-refractivity contribution < 1.29 is 0 Å². The Labute approximate surface area is 38.9 Å². The van der Waals surface area contributed by atoms with Gasteiger partial charge in [-0.1, -0.05) is 11.6 Å². The van der Waals surface area contributed by atoms with E-state index in [4.69, 9.17) is 6.92 Å². The molecule has 0 nitrogen and oxygen atoms in total. The van der Waals surface area contributed by atoms with Crippen molar-refractivity contribution in [2.24, 2.45) is 0 Å². The summed E-state index contributed by atoms with van der Waals surface area (Å²) in [5.41, 5.74) is 1.08. The van der Waals surface area contributed by atoms with Crippen molar-refractivity contribution in [3.63, 3.8) is 0 Å². The van der Waals surface area contributed by atoms with Gasteiger partial charge in [-0.3, -0.25) is 0 Å². The van der Waals surface area contributed by atoms with Crippen LogP contribution in [0.1, 0.15) is 19.3 Å². The quantitative estimate of drug-likeness (QED) is 0.416. The molecule has 0 bridgehead atoms. The highest BCUT2D eigenvalue weighted by Crippen LogP contribution is 2.14. The summed E-state index contributed by atoms with van der Waals surface area (Å²) in [7, 11) is 0. The van der Waals surface area contributed by atoms with Crippen LogP contribution >= 0.6 is 0 Å². The van der Waals surface area contributed by atoms with E-state index in [1.165, 1.54) is 12.8 Å². The fourth-order valence-electron chi connectivity index (χ4n) is 0.696. The molecule has 6 heavy (non-hydrogen) atoms. The number of hydrogen-bond acceptors (Lipinski definition) is 0. The molecule has 0 unspecified atom stereocenters. The zero-order chi connectivity index (χ0) is 4.41. The molecule has 0 fully saturated rings.